The van der Waals surface area contributed by atoms with Gasteiger partial charge in [0.2, 0.25) is 0 Å². The van der Waals surface area contributed by atoms with Gasteiger partial charge in [0.1, 0.15) is 11.9 Å². The molecule has 0 amide bonds. The summed E-state index contributed by atoms with van der Waals surface area (Å²) in [6.45, 7) is 0. The molecule has 1 aromatic carbocycles. The Morgan fingerprint density at radius 1 is 1.38 bits per heavy atom. The lowest BCUT2D eigenvalue weighted by atomic mass is 10.00. The third kappa shape index (κ3) is 1.94. The van der Waals surface area contributed by atoms with E-state index in [0.717, 1.165) is 18.1 Å². The highest BCUT2D eigenvalue weighted by molar-refractivity contribution is 5.37. The number of benzene rings is 1. The first-order valence-electron chi connectivity index (χ1n) is 6.28. The fourth-order valence-electron chi connectivity index (χ4n) is 2.60. The Kier molecular flexibility index (Phi) is 2.60. The zero-order valence-corrected chi connectivity index (χ0v) is 9.78. The second-order valence-corrected chi connectivity index (χ2v) is 5.04. The average Bonchev–Trinajstić information content (AvgIpc) is 3.02. The highest BCUT2D eigenvalue weighted by atomic mass is 16.5. The van der Waals surface area contributed by atoms with E-state index in [0.29, 0.717) is 12.1 Å². The number of likely N-dealkylation sites (N-methyl/N-ethyl adjacent to an activating group) is 1. The summed E-state index contributed by atoms with van der Waals surface area (Å²) in [7, 11) is 2.05. The van der Waals surface area contributed by atoms with E-state index in [2.05, 4.69) is 36.6 Å². The summed E-state index contributed by atoms with van der Waals surface area (Å²) in [5.74, 6) is 2.04. The largest absolute Gasteiger partial charge is 0.488 e. The molecule has 0 bridgehead atoms. The van der Waals surface area contributed by atoms with Gasteiger partial charge in [-0.2, -0.15) is 0 Å². The molecule has 2 nitrogen and oxygen atoms in total. The van der Waals surface area contributed by atoms with Gasteiger partial charge < -0.3 is 10.1 Å². The van der Waals surface area contributed by atoms with E-state index in [4.69, 9.17) is 4.74 Å². The van der Waals surface area contributed by atoms with Crippen LogP contribution in [-0.2, 0) is 6.42 Å². The van der Waals surface area contributed by atoms with Crippen molar-refractivity contribution in [1.29, 1.82) is 0 Å². The molecule has 0 aromatic heterocycles. The second kappa shape index (κ2) is 4.10. The van der Waals surface area contributed by atoms with Gasteiger partial charge in [0.15, 0.2) is 0 Å². The zero-order chi connectivity index (χ0) is 11.0. The van der Waals surface area contributed by atoms with Crippen LogP contribution in [0.2, 0.25) is 0 Å². The van der Waals surface area contributed by atoms with Gasteiger partial charge in [-0.05, 0) is 31.0 Å². The molecule has 3 rings (SSSR count). The van der Waals surface area contributed by atoms with Crippen LogP contribution >= 0.6 is 0 Å². The van der Waals surface area contributed by atoms with E-state index in [9.17, 15) is 0 Å². The summed E-state index contributed by atoms with van der Waals surface area (Å²) in [5, 5.41) is 3.43. The van der Waals surface area contributed by atoms with Gasteiger partial charge in [-0.25, -0.2) is 0 Å². The molecule has 2 unspecified atom stereocenters. The molecule has 1 saturated carbocycles. The van der Waals surface area contributed by atoms with Crippen LogP contribution in [0.5, 0.6) is 5.75 Å². The van der Waals surface area contributed by atoms with Gasteiger partial charge >= 0.3 is 0 Å². The maximum Gasteiger partial charge on any atom is 0.123 e. The van der Waals surface area contributed by atoms with Crippen LogP contribution in [0.15, 0.2) is 24.3 Å². The van der Waals surface area contributed by atoms with Crippen LogP contribution < -0.4 is 10.1 Å². The Balaban J connectivity index is 1.68. The van der Waals surface area contributed by atoms with Crippen LogP contribution in [0.25, 0.3) is 0 Å². The monoisotopic (exact) mass is 217 g/mol. The predicted octanol–water partition coefficient (Wildman–Crippen LogP) is 2.38. The third-order valence-corrected chi connectivity index (χ3v) is 3.78. The SMILES string of the molecule is CNC(CC1CC1)C1Cc2ccccc2O1. The summed E-state index contributed by atoms with van der Waals surface area (Å²) >= 11 is 0. The quantitative estimate of drug-likeness (QED) is 0.836. The molecule has 0 radical (unpaired) electrons. The summed E-state index contributed by atoms with van der Waals surface area (Å²) in [4.78, 5) is 0. The lowest BCUT2D eigenvalue weighted by Gasteiger charge is -2.22. The number of hydrogen-bond donors (Lipinski definition) is 1. The molecule has 1 fully saturated rings. The molecule has 1 aliphatic heterocycles. The zero-order valence-electron chi connectivity index (χ0n) is 9.78. The summed E-state index contributed by atoms with van der Waals surface area (Å²) < 4.78 is 6.03. The van der Waals surface area contributed by atoms with Gasteiger partial charge in [-0.1, -0.05) is 31.0 Å². The number of rotatable bonds is 4. The van der Waals surface area contributed by atoms with Crippen molar-refractivity contribution in [3.05, 3.63) is 29.8 Å². The minimum absolute atomic E-state index is 0.336. The summed E-state index contributed by atoms with van der Waals surface area (Å²) in [5.41, 5.74) is 1.36. The Hall–Kier alpha value is -1.02. The van der Waals surface area contributed by atoms with Gasteiger partial charge in [-0.3, -0.25) is 0 Å². The molecule has 0 spiro atoms. The van der Waals surface area contributed by atoms with E-state index < -0.39 is 0 Å². The predicted molar refractivity (Wildman–Crippen MR) is 64.8 cm³/mol. The van der Waals surface area contributed by atoms with Gasteiger partial charge in [0, 0.05) is 12.5 Å². The van der Waals surface area contributed by atoms with Crippen molar-refractivity contribution in [3.8, 4) is 5.75 Å². The average molecular weight is 217 g/mol. The molecule has 0 saturated heterocycles. The first kappa shape index (κ1) is 10.2. The lowest BCUT2D eigenvalue weighted by Crippen LogP contribution is -2.40. The maximum absolute atomic E-state index is 6.03. The molecular weight excluding hydrogens is 198 g/mol. The van der Waals surface area contributed by atoms with Gasteiger partial charge in [0.25, 0.3) is 0 Å². The highest BCUT2D eigenvalue weighted by Crippen LogP contribution is 2.37. The molecule has 2 aliphatic rings. The van der Waals surface area contributed by atoms with Crippen LogP contribution in [0, 0.1) is 5.92 Å². The highest BCUT2D eigenvalue weighted by Gasteiger charge is 2.33. The molecule has 1 aromatic rings. The Labute approximate surface area is 97.0 Å². The van der Waals surface area contributed by atoms with Gasteiger partial charge in [-0.15, -0.1) is 0 Å². The second-order valence-electron chi connectivity index (χ2n) is 5.04. The summed E-state index contributed by atoms with van der Waals surface area (Å²) in [6, 6.07) is 8.93. The smallest absolute Gasteiger partial charge is 0.123 e. The van der Waals surface area contributed by atoms with E-state index in [-0.39, 0.29) is 0 Å². The molecule has 1 heterocycles. The molecular formula is C14H19NO. The Bertz CT molecular complexity index is 348. The van der Waals surface area contributed by atoms with Crippen LogP contribution in [0.3, 0.4) is 0 Å². The van der Waals surface area contributed by atoms with Crippen molar-refractivity contribution in [1.82, 2.24) is 5.32 Å². The normalized spacial score (nSPS) is 24.9. The minimum atomic E-state index is 0.336. The van der Waals surface area contributed by atoms with E-state index in [1.165, 1.54) is 24.8 Å². The van der Waals surface area contributed by atoms with E-state index >= 15 is 0 Å². The molecule has 2 heteroatoms. The number of hydrogen-bond acceptors (Lipinski definition) is 2. The van der Waals surface area contributed by atoms with Crippen molar-refractivity contribution < 1.29 is 4.74 Å². The van der Waals surface area contributed by atoms with Gasteiger partial charge in [0.05, 0.1) is 0 Å². The van der Waals surface area contributed by atoms with Crippen LogP contribution in [0.4, 0.5) is 0 Å². The third-order valence-electron chi connectivity index (χ3n) is 3.78. The maximum atomic E-state index is 6.03. The standard InChI is InChI=1S/C14H19NO/c1-15-12(8-10-6-7-10)14-9-11-4-2-3-5-13(11)16-14/h2-5,10,12,14-15H,6-9H2,1H3. The topological polar surface area (TPSA) is 21.3 Å². The van der Waals surface area contributed by atoms with Crippen LogP contribution in [0.1, 0.15) is 24.8 Å². The molecule has 1 aliphatic carbocycles. The van der Waals surface area contributed by atoms with E-state index in [1.807, 2.05) is 0 Å². The van der Waals surface area contributed by atoms with Crippen molar-refractivity contribution >= 4 is 0 Å². The number of para-hydroxylation sites is 1. The molecule has 2 atom stereocenters. The number of ether oxygens (including phenoxy) is 1. The molecule has 16 heavy (non-hydrogen) atoms. The fourth-order valence-corrected chi connectivity index (χ4v) is 2.60. The lowest BCUT2D eigenvalue weighted by molar-refractivity contribution is 0.173. The number of fused-ring (bicyclic) bond motifs is 1. The number of nitrogens with one attached hydrogen (secondary N) is 1. The fraction of sp³-hybridized carbons (Fsp3) is 0.571. The van der Waals surface area contributed by atoms with Crippen molar-refractivity contribution in [3.63, 3.8) is 0 Å². The first-order valence-corrected chi connectivity index (χ1v) is 6.28. The minimum Gasteiger partial charge on any atom is -0.488 e. The Morgan fingerprint density at radius 2 is 2.19 bits per heavy atom. The molecule has 1 N–H and O–H groups in total. The first-order chi connectivity index (χ1) is 7.86. The van der Waals surface area contributed by atoms with Crippen molar-refractivity contribution in [2.45, 2.75) is 37.8 Å². The van der Waals surface area contributed by atoms with Crippen molar-refractivity contribution in [2.75, 3.05) is 7.05 Å². The van der Waals surface area contributed by atoms with Crippen LogP contribution in [-0.4, -0.2) is 19.2 Å². The van der Waals surface area contributed by atoms with Crippen molar-refractivity contribution in [2.24, 2.45) is 5.92 Å². The van der Waals surface area contributed by atoms with E-state index in [1.54, 1.807) is 0 Å². The summed E-state index contributed by atoms with van der Waals surface area (Å²) in [6.07, 6.45) is 5.50. The Morgan fingerprint density at radius 3 is 2.88 bits per heavy atom. The molecule has 86 valence electrons.